The zero-order valence-corrected chi connectivity index (χ0v) is 7.73. The van der Waals surface area contributed by atoms with Crippen molar-refractivity contribution in [2.75, 3.05) is 5.32 Å². The molecule has 76 valence electrons. The van der Waals surface area contributed by atoms with Gasteiger partial charge in [-0.25, -0.2) is 4.68 Å². The monoisotopic (exact) mass is 197 g/mol. The molecule has 0 aliphatic heterocycles. The summed E-state index contributed by atoms with van der Waals surface area (Å²) in [7, 11) is 0. The van der Waals surface area contributed by atoms with Crippen molar-refractivity contribution >= 4 is 17.6 Å². The quantitative estimate of drug-likeness (QED) is 0.653. The van der Waals surface area contributed by atoms with Crippen molar-refractivity contribution in [1.29, 1.82) is 0 Å². The van der Waals surface area contributed by atoms with Gasteiger partial charge in [-0.05, 0) is 0 Å². The number of amides is 2. The van der Waals surface area contributed by atoms with Crippen LogP contribution in [0.2, 0.25) is 0 Å². The van der Waals surface area contributed by atoms with Gasteiger partial charge in [-0.15, -0.1) is 5.10 Å². The molecule has 0 atom stereocenters. The first-order valence-corrected chi connectivity index (χ1v) is 4.10. The van der Waals surface area contributed by atoms with Gasteiger partial charge in [0, 0.05) is 6.42 Å². The number of hydrogen-bond donors (Lipinski definition) is 2. The zero-order valence-electron chi connectivity index (χ0n) is 7.73. The largest absolute Gasteiger partial charge is 0.368 e. The third kappa shape index (κ3) is 2.85. The van der Waals surface area contributed by atoms with E-state index in [1.807, 2.05) is 0 Å². The number of anilines is 1. The number of primary amides is 1. The van der Waals surface area contributed by atoms with E-state index in [0.717, 1.165) is 0 Å². The van der Waals surface area contributed by atoms with Crippen LogP contribution in [0.3, 0.4) is 0 Å². The predicted molar refractivity (Wildman–Crippen MR) is 48.1 cm³/mol. The summed E-state index contributed by atoms with van der Waals surface area (Å²) in [4.78, 5) is 21.4. The highest BCUT2D eigenvalue weighted by Crippen LogP contribution is 1.99. The van der Waals surface area contributed by atoms with Crippen molar-refractivity contribution in [2.45, 2.75) is 19.9 Å². The minimum Gasteiger partial charge on any atom is -0.368 e. The molecular formula is C7H11N5O2. The van der Waals surface area contributed by atoms with Crippen molar-refractivity contribution in [2.24, 2.45) is 5.73 Å². The molecule has 7 nitrogen and oxygen atoms in total. The number of hydrogen-bond acceptors (Lipinski definition) is 4. The molecule has 0 spiro atoms. The molecule has 0 aromatic carbocycles. The maximum Gasteiger partial charge on any atom is 0.239 e. The Kier molecular flexibility index (Phi) is 3.16. The Hall–Kier alpha value is -1.92. The average molecular weight is 197 g/mol. The van der Waals surface area contributed by atoms with Crippen LogP contribution in [0.1, 0.15) is 13.3 Å². The Morgan fingerprint density at radius 3 is 2.93 bits per heavy atom. The minimum absolute atomic E-state index is 0.0466. The van der Waals surface area contributed by atoms with Crippen LogP contribution in [0.15, 0.2) is 6.20 Å². The molecule has 14 heavy (non-hydrogen) atoms. The first-order valence-electron chi connectivity index (χ1n) is 4.10. The SMILES string of the molecule is CCC(=O)Nc1cn(CC(N)=O)nn1. The predicted octanol–water partition coefficient (Wildman–Crippen LogP) is -0.888. The van der Waals surface area contributed by atoms with E-state index in [-0.39, 0.29) is 12.5 Å². The standard InChI is InChI=1S/C7H11N5O2/c1-2-7(14)9-6-4-12(11-10-6)3-5(8)13/h4H,2-3H2,1H3,(H2,8,13)(H,9,14). The fourth-order valence-corrected chi connectivity index (χ4v) is 0.824. The summed E-state index contributed by atoms with van der Waals surface area (Å²) in [5, 5.41) is 9.72. The lowest BCUT2D eigenvalue weighted by Gasteiger charge is -1.95. The molecule has 0 fully saturated rings. The molecule has 0 aliphatic carbocycles. The lowest BCUT2D eigenvalue weighted by atomic mass is 10.4. The Morgan fingerprint density at radius 2 is 2.36 bits per heavy atom. The van der Waals surface area contributed by atoms with Crippen molar-refractivity contribution in [1.82, 2.24) is 15.0 Å². The third-order valence-corrected chi connectivity index (χ3v) is 1.45. The van der Waals surface area contributed by atoms with E-state index in [2.05, 4.69) is 15.6 Å². The number of nitrogens with two attached hydrogens (primary N) is 1. The Morgan fingerprint density at radius 1 is 1.64 bits per heavy atom. The molecule has 1 aromatic heterocycles. The van der Waals surface area contributed by atoms with E-state index < -0.39 is 5.91 Å². The van der Waals surface area contributed by atoms with Crippen LogP contribution >= 0.6 is 0 Å². The molecule has 2 amide bonds. The summed E-state index contributed by atoms with van der Waals surface area (Å²) in [5.74, 6) is -0.350. The van der Waals surface area contributed by atoms with E-state index in [0.29, 0.717) is 12.2 Å². The van der Waals surface area contributed by atoms with Crippen LogP contribution in [0, 0.1) is 0 Å². The van der Waals surface area contributed by atoms with Crippen molar-refractivity contribution in [3.63, 3.8) is 0 Å². The van der Waals surface area contributed by atoms with Gasteiger partial charge in [0.05, 0.1) is 6.20 Å². The van der Waals surface area contributed by atoms with Gasteiger partial charge >= 0.3 is 0 Å². The number of nitrogens with one attached hydrogen (secondary N) is 1. The van der Waals surface area contributed by atoms with E-state index >= 15 is 0 Å². The summed E-state index contributed by atoms with van der Waals surface area (Å²) in [6.45, 7) is 1.68. The second-order valence-electron chi connectivity index (χ2n) is 2.67. The fourth-order valence-electron chi connectivity index (χ4n) is 0.824. The number of nitrogens with zero attached hydrogens (tertiary/aromatic N) is 3. The maximum atomic E-state index is 10.9. The summed E-state index contributed by atoms with van der Waals surface area (Å²) < 4.78 is 1.26. The van der Waals surface area contributed by atoms with E-state index in [9.17, 15) is 9.59 Å². The molecule has 1 heterocycles. The molecule has 0 saturated carbocycles. The van der Waals surface area contributed by atoms with Gasteiger partial charge in [-0.2, -0.15) is 0 Å². The molecule has 0 radical (unpaired) electrons. The zero-order chi connectivity index (χ0) is 10.6. The third-order valence-electron chi connectivity index (χ3n) is 1.45. The van der Waals surface area contributed by atoms with Crippen molar-refractivity contribution in [3.8, 4) is 0 Å². The van der Waals surface area contributed by atoms with Crippen LogP contribution in [0.4, 0.5) is 5.82 Å². The molecule has 0 bridgehead atoms. The summed E-state index contributed by atoms with van der Waals surface area (Å²) in [6, 6.07) is 0. The van der Waals surface area contributed by atoms with Crippen molar-refractivity contribution in [3.05, 3.63) is 6.20 Å². The van der Waals surface area contributed by atoms with E-state index in [1.54, 1.807) is 6.92 Å². The highest BCUT2D eigenvalue weighted by atomic mass is 16.2. The van der Waals surface area contributed by atoms with Crippen molar-refractivity contribution < 1.29 is 9.59 Å². The molecule has 1 aromatic rings. The Balaban J connectivity index is 2.59. The van der Waals surface area contributed by atoms with Gasteiger partial charge in [0.2, 0.25) is 11.8 Å². The van der Waals surface area contributed by atoms with Crippen LogP contribution in [-0.4, -0.2) is 26.8 Å². The summed E-state index contributed by atoms with van der Waals surface area (Å²) in [5.41, 5.74) is 4.95. The molecule has 0 saturated heterocycles. The van der Waals surface area contributed by atoms with Gasteiger partial charge in [-0.1, -0.05) is 12.1 Å². The molecule has 3 N–H and O–H groups in total. The fraction of sp³-hybridized carbons (Fsp3) is 0.429. The number of carbonyl (C=O) groups is 2. The van der Waals surface area contributed by atoms with Crippen LogP contribution in [0.5, 0.6) is 0 Å². The highest BCUT2D eigenvalue weighted by molar-refractivity contribution is 5.89. The molecular weight excluding hydrogens is 186 g/mol. The summed E-state index contributed by atoms with van der Waals surface area (Å²) in [6.07, 6.45) is 1.81. The molecule has 0 unspecified atom stereocenters. The first kappa shape index (κ1) is 10.2. The number of aromatic nitrogens is 3. The summed E-state index contributed by atoms with van der Waals surface area (Å²) >= 11 is 0. The van der Waals surface area contributed by atoms with Crippen LogP contribution in [-0.2, 0) is 16.1 Å². The number of rotatable bonds is 4. The Labute approximate surface area is 80.3 Å². The molecule has 0 aliphatic rings. The second-order valence-corrected chi connectivity index (χ2v) is 2.67. The van der Waals surface area contributed by atoms with Gasteiger partial charge in [0.15, 0.2) is 5.82 Å². The van der Waals surface area contributed by atoms with Crippen LogP contribution in [0.25, 0.3) is 0 Å². The van der Waals surface area contributed by atoms with Gasteiger partial charge in [0.25, 0.3) is 0 Å². The lowest BCUT2D eigenvalue weighted by molar-refractivity contribution is -0.118. The highest BCUT2D eigenvalue weighted by Gasteiger charge is 2.04. The normalized spacial score (nSPS) is 9.79. The molecule has 7 heteroatoms. The average Bonchev–Trinajstić information content (AvgIpc) is 2.51. The van der Waals surface area contributed by atoms with E-state index in [1.165, 1.54) is 10.9 Å². The van der Waals surface area contributed by atoms with Gasteiger partial charge in [0.1, 0.15) is 6.54 Å². The Bertz CT molecular complexity index is 346. The maximum absolute atomic E-state index is 10.9. The minimum atomic E-state index is -0.511. The molecule has 1 rings (SSSR count). The second kappa shape index (κ2) is 4.35. The van der Waals surface area contributed by atoms with E-state index in [4.69, 9.17) is 5.73 Å². The van der Waals surface area contributed by atoms with Gasteiger partial charge in [-0.3, -0.25) is 9.59 Å². The van der Waals surface area contributed by atoms with Gasteiger partial charge < -0.3 is 11.1 Å². The van der Waals surface area contributed by atoms with Crippen LogP contribution < -0.4 is 11.1 Å². The first-order chi connectivity index (χ1) is 6.61. The topological polar surface area (TPSA) is 103 Å². The number of carbonyl (C=O) groups excluding carboxylic acids is 2. The lowest BCUT2D eigenvalue weighted by Crippen LogP contribution is -2.18. The smallest absolute Gasteiger partial charge is 0.239 e.